The van der Waals surface area contributed by atoms with Gasteiger partial charge in [-0.3, -0.25) is 14.5 Å². The van der Waals surface area contributed by atoms with Crippen LogP contribution in [0.3, 0.4) is 0 Å². The number of ether oxygens (including phenoxy) is 2. The van der Waals surface area contributed by atoms with E-state index in [9.17, 15) is 14.4 Å². The summed E-state index contributed by atoms with van der Waals surface area (Å²) in [5.41, 5.74) is 1.75. The summed E-state index contributed by atoms with van der Waals surface area (Å²) in [7, 11) is 0. The number of nitrogens with one attached hydrogen (secondary N) is 1. The molecule has 7 nitrogen and oxygen atoms in total. The number of nitrogens with zero attached hydrogens (tertiary/aromatic N) is 1. The maximum Gasteiger partial charge on any atom is 0.338 e. The Bertz CT molecular complexity index is 1080. The van der Waals surface area contributed by atoms with Gasteiger partial charge in [-0.25, -0.2) is 4.79 Å². The first-order valence-corrected chi connectivity index (χ1v) is 12.2. The molecule has 2 aromatic rings. The molecule has 1 heterocycles. The maximum absolute atomic E-state index is 12.8. The Labute approximate surface area is 208 Å². The van der Waals surface area contributed by atoms with E-state index >= 15 is 0 Å². The van der Waals surface area contributed by atoms with Crippen LogP contribution >= 0.6 is 24.0 Å². The lowest BCUT2D eigenvalue weighted by molar-refractivity contribution is -0.126. The molecule has 0 aliphatic carbocycles. The van der Waals surface area contributed by atoms with Gasteiger partial charge in [-0.05, 0) is 61.4 Å². The number of rotatable bonds is 10. The number of benzene rings is 2. The summed E-state index contributed by atoms with van der Waals surface area (Å²) in [6.45, 7) is 4.69. The number of amides is 2. The average Bonchev–Trinajstić information content (AvgIpc) is 3.08. The van der Waals surface area contributed by atoms with E-state index in [1.165, 1.54) is 4.90 Å². The normalized spacial score (nSPS) is 14.4. The van der Waals surface area contributed by atoms with Crippen molar-refractivity contribution in [2.45, 2.75) is 26.7 Å². The predicted molar refractivity (Wildman–Crippen MR) is 138 cm³/mol. The highest BCUT2D eigenvalue weighted by molar-refractivity contribution is 8.26. The van der Waals surface area contributed by atoms with Crippen LogP contribution in [0.25, 0.3) is 6.08 Å². The maximum atomic E-state index is 12.8. The molecular formula is C25H26N2O5S2. The molecule has 178 valence electrons. The molecule has 34 heavy (non-hydrogen) atoms. The van der Waals surface area contributed by atoms with Crippen molar-refractivity contribution in [3.05, 3.63) is 64.6 Å². The van der Waals surface area contributed by atoms with Crippen LogP contribution in [-0.4, -0.2) is 46.8 Å². The minimum absolute atomic E-state index is 0.202. The fraction of sp³-hybridized carbons (Fsp3) is 0.280. The smallest absolute Gasteiger partial charge is 0.338 e. The van der Waals surface area contributed by atoms with Crippen LogP contribution in [0.15, 0.2) is 53.4 Å². The van der Waals surface area contributed by atoms with Crippen molar-refractivity contribution in [2.75, 3.05) is 25.1 Å². The molecule has 0 saturated carbocycles. The number of thioether (sulfide) groups is 1. The van der Waals surface area contributed by atoms with Gasteiger partial charge in [0.1, 0.15) is 16.6 Å². The van der Waals surface area contributed by atoms with E-state index in [-0.39, 0.29) is 12.5 Å². The summed E-state index contributed by atoms with van der Waals surface area (Å²) < 4.78 is 10.9. The van der Waals surface area contributed by atoms with Crippen LogP contribution < -0.4 is 10.1 Å². The van der Waals surface area contributed by atoms with Gasteiger partial charge in [0.25, 0.3) is 5.91 Å². The zero-order valence-corrected chi connectivity index (χ0v) is 20.7. The van der Waals surface area contributed by atoms with E-state index in [4.69, 9.17) is 21.7 Å². The molecule has 1 saturated heterocycles. The number of esters is 1. The standard InChI is InChI=1S/C25H26N2O5S2/c1-3-5-14-32-24(30)18-8-10-19(11-9-18)26-22(28)16-27-23(29)21(34-25(27)33)15-17-6-12-20(13-7-17)31-4-2/h6-13,15H,3-5,14,16H2,1-2H3,(H,26,28)/b21-15-. The van der Waals surface area contributed by atoms with Crippen LogP contribution in [-0.2, 0) is 14.3 Å². The molecule has 0 bridgehead atoms. The van der Waals surface area contributed by atoms with Crippen LogP contribution in [0.5, 0.6) is 5.75 Å². The largest absolute Gasteiger partial charge is 0.494 e. The summed E-state index contributed by atoms with van der Waals surface area (Å²) in [5.74, 6) is -0.352. The number of anilines is 1. The molecule has 3 rings (SSSR count). The van der Waals surface area contributed by atoms with Crippen LogP contribution in [0.1, 0.15) is 42.6 Å². The third-order valence-corrected chi connectivity index (χ3v) is 6.18. The van der Waals surface area contributed by atoms with Gasteiger partial charge < -0.3 is 14.8 Å². The van der Waals surface area contributed by atoms with Gasteiger partial charge in [0, 0.05) is 5.69 Å². The van der Waals surface area contributed by atoms with E-state index < -0.39 is 11.9 Å². The molecule has 0 spiro atoms. The van der Waals surface area contributed by atoms with Crippen molar-refractivity contribution in [1.82, 2.24) is 4.90 Å². The van der Waals surface area contributed by atoms with E-state index in [0.29, 0.717) is 33.7 Å². The molecule has 0 radical (unpaired) electrons. The van der Waals surface area contributed by atoms with Crippen molar-refractivity contribution in [1.29, 1.82) is 0 Å². The lowest BCUT2D eigenvalue weighted by Crippen LogP contribution is -2.36. The minimum atomic E-state index is -0.400. The topological polar surface area (TPSA) is 84.9 Å². The first kappa shape index (κ1) is 25.5. The highest BCUT2D eigenvalue weighted by Crippen LogP contribution is 2.32. The van der Waals surface area contributed by atoms with Gasteiger partial charge in [-0.1, -0.05) is 49.5 Å². The molecule has 2 aromatic carbocycles. The van der Waals surface area contributed by atoms with Crippen LogP contribution in [0.4, 0.5) is 5.69 Å². The predicted octanol–water partition coefficient (Wildman–Crippen LogP) is 4.88. The first-order valence-electron chi connectivity index (χ1n) is 11.0. The van der Waals surface area contributed by atoms with Crippen molar-refractivity contribution in [3.63, 3.8) is 0 Å². The monoisotopic (exact) mass is 498 g/mol. The summed E-state index contributed by atoms with van der Waals surface area (Å²) in [4.78, 5) is 39.0. The third kappa shape index (κ3) is 6.91. The Kier molecular flexibility index (Phi) is 9.24. The molecule has 1 fully saturated rings. The van der Waals surface area contributed by atoms with E-state index in [1.54, 1.807) is 30.3 Å². The number of unbranched alkanes of at least 4 members (excludes halogenated alkanes) is 1. The van der Waals surface area contributed by atoms with Crippen molar-refractivity contribution < 1.29 is 23.9 Å². The average molecular weight is 499 g/mol. The van der Waals surface area contributed by atoms with Crippen molar-refractivity contribution in [3.8, 4) is 5.75 Å². The first-order chi connectivity index (χ1) is 16.4. The van der Waals surface area contributed by atoms with Gasteiger partial charge in [-0.15, -0.1) is 0 Å². The second-order valence-electron chi connectivity index (χ2n) is 7.38. The number of carbonyl (C=O) groups excluding carboxylic acids is 3. The Hall–Kier alpha value is -3.17. The van der Waals surface area contributed by atoms with Crippen molar-refractivity contribution in [2.24, 2.45) is 0 Å². The third-order valence-electron chi connectivity index (χ3n) is 4.80. The fourth-order valence-electron chi connectivity index (χ4n) is 3.04. The number of hydrogen-bond donors (Lipinski definition) is 1. The fourth-order valence-corrected chi connectivity index (χ4v) is 4.30. The second-order valence-corrected chi connectivity index (χ2v) is 9.06. The molecule has 2 amide bonds. The Morgan fingerprint density at radius 1 is 1.09 bits per heavy atom. The SMILES string of the molecule is CCCCOC(=O)c1ccc(NC(=O)CN2C(=O)/C(=C/c3ccc(OCC)cc3)SC2=S)cc1. The van der Waals surface area contributed by atoms with Gasteiger partial charge in [0.2, 0.25) is 5.91 Å². The zero-order chi connectivity index (χ0) is 24.5. The quantitative estimate of drug-likeness (QED) is 0.216. The number of thiocarbonyl (C=S) groups is 1. The molecule has 0 atom stereocenters. The molecule has 1 N–H and O–H groups in total. The van der Waals surface area contributed by atoms with Gasteiger partial charge in [-0.2, -0.15) is 0 Å². The summed E-state index contributed by atoms with van der Waals surface area (Å²) in [5, 5.41) is 2.72. The minimum Gasteiger partial charge on any atom is -0.494 e. The Morgan fingerprint density at radius 2 is 1.79 bits per heavy atom. The van der Waals surface area contributed by atoms with E-state index in [2.05, 4.69) is 5.32 Å². The van der Waals surface area contributed by atoms with Crippen LogP contribution in [0.2, 0.25) is 0 Å². The summed E-state index contributed by atoms with van der Waals surface area (Å²) in [6, 6.07) is 13.8. The van der Waals surface area contributed by atoms with E-state index in [1.807, 2.05) is 38.1 Å². The highest BCUT2D eigenvalue weighted by atomic mass is 32.2. The van der Waals surface area contributed by atoms with E-state index in [0.717, 1.165) is 35.9 Å². The van der Waals surface area contributed by atoms with Crippen LogP contribution in [0, 0.1) is 0 Å². The lowest BCUT2D eigenvalue weighted by Gasteiger charge is -2.14. The van der Waals surface area contributed by atoms with Gasteiger partial charge in [0.15, 0.2) is 0 Å². The Balaban J connectivity index is 1.56. The zero-order valence-electron chi connectivity index (χ0n) is 19.0. The highest BCUT2D eigenvalue weighted by Gasteiger charge is 2.33. The summed E-state index contributed by atoms with van der Waals surface area (Å²) >= 11 is 6.47. The van der Waals surface area contributed by atoms with Gasteiger partial charge >= 0.3 is 5.97 Å². The molecule has 0 unspecified atom stereocenters. The van der Waals surface area contributed by atoms with Crippen molar-refractivity contribution >= 4 is 57.8 Å². The second kappa shape index (κ2) is 12.3. The number of carbonyl (C=O) groups is 3. The molecule has 1 aliphatic rings. The number of hydrogen-bond acceptors (Lipinski definition) is 7. The lowest BCUT2D eigenvalue weighted by atomic mass is 10.2. The molecular weight excluding hydrogens is 472 g/mol. The molecule has 9 heteroatoms. The van der Waals surface area contributed by atoms with Gasteiger partial charge in [0.05, 0.1) is 23.7 Å². The summed E-state index contributed by atoms with van der Waals surface area (Å²) in [6.07, 6.45) is 3.50. The Morgan fingerprint density at radius 3 is 2.44 bits per heavy atom. The molecule has 0 aromatic heterocycles. The molecule has 1 aliphatic heterocycles.